The largest absolute Gasteiger partial charge is 0.508 e. The van der Waals surface area contributed by atoms with Gasteiger partial charge in [0.1, 0.15) is 17.8 Å². The topological polar surface area (TPSA) is 46.5 Å². The molecule has 0 atom stereocenters. The Labute approximate surface area is 80.9 Å². The van der Waals surface area contributed by atoms with Crippen molar-refractivity contribution in [3.63, 3.8) is 0 Å². The Balaban J connectivity index is 3.20. The summed E-state index contributed by atoms with van der Waals surface area (Å²) in [5, 5.41) is 9.49. The minimum Gasteiger partial charge on any atom is -0.508 e. The summed E-state index contributed by atoms with van der Waals surface area (Å²) in [6.45, 7) is 0. The standard InChI is InChI=1S/C9H9ClO3/c1-13-9-6(2-3-11)4-7(12)5-8(9)10/h3-5,12H,2H2,1H3. The number of methoxy groups -OCH3 is 1. The van der Waals surface area contributed by atoms with Crippen LogP contribution in [-0.4, -0.2) is 18.5 Å². The zero-order chi connectivity index (χ0) is 9.84. The Morgan fingerprint density at radius 3 is 2.85 bits per heavy atom. The smallest absolute Gasteiger partial charge is 0.141 e. The molecule has 0 aliphatic carbocycles. The maximum atomic E-state index is 10.3. The molecule has 0 heterocycles. The number of carbonyl (C=O) groups is 1. The molecule has 3 nitrogen and oxygen atoms in total. The Morgan fingerprint density at radius 1 is 1.62 bits per heavy atom. The van der Waals surface area contributed by atoms with E-state index >= 15 is 0 Å². The molecule has 0 radical (unpaired) electrons. The van der Waals surface area contributed by atoms with E-state index in [0.29, 0.717) is 16.3 Å². The van der Waals surface area contributed by atoms with E-state index in [1.807, 2.05) is 0 Å². The Morgan fingerprint density at radius 2 is 2.31 bits per heavy atom. The van der Waals surface area contributed by atoms with E-state index in [-0.39, 0.29) is 12.2 Å². The first-order valence-electron chi connectivity index (χ1n) is 3.68. The van der Waals surface area contributed by atoms with E-state index in [0.717, 1.165) is 6.29 Å². The number of carbonyl (C=O) groups excluding carboxylic acids is 1. The fourth-order valence-electron chi connectivity index (χ4n) is 1.10. The van der Waals surface area contributed by atoms with E-state index in [2.05, 4.69) is 0 Å². The first-order chi connectivity index (χ1) is 6.19. The van der Waals surface area contributed by atoms with Gasteiger partial charge in [-0.2, -0.15) is 0 Å². The summed E-state index contributed by atoms with van der Waals surface area (Å²) in [4.78, 5) is 10.3. The van der Waals surface area contributed by atoms with Crippen LogP contribution in [0.3, 0.4) is 0 Å². The molecule has 4 heteroatoms. The summed E-state index contributed by atoms with van der Waals surface area (Å²) >= 11 is 5.77. The molecule has 0 amide bonds. The minimum atomic E-state index is 0.0302. The zero-order valence-corrected chi connectivity index (χ0v) is 7.84. The van der Waals surface area contributed by atoms with Crippen molar-refractivity contribution in [3.05, 3.63) is 22.7 Å². The third-order valence-corrected chi connectivity index (χ3v) is 1.89. The maximum Gasteiger partial charge on any atom is 0.141 e. The van der Waals surface area contributed by atoms with Crippen LogP contribution in [0.4, 0.5) is 0 Å². The van der Waals surface area contributed by atoms with E-state index in [1.165, 1.54) is 19.2 Å². The molecule has 70 valence electrons. The third-order valence-electron chi connectivity index (χ3n) is 1.61. The number of aldehydes is 1. The molecule has 0 spiro atoms. The van der Waals surface area contributed by atoms with Crippen molar-refractivity contribution < 1.29 is 14.6 Å². The van der Waals surface area contributed by atoms with Crippen molar-refractivity contribution in [2.24, 2.45) is 0 Å². The molecule has 1 N–H and O–H groups in total. The predicted molar refractivity (Wildman–Crippen MR) is 49.4 cm³/mol. The number of rotatable bonds is 3. The fourth-order valence-corrected chi connectivity index (χ4v) is 1.41. The number of hydrogen-bond donors (Lipinski definition) is 1. The van der Waals surface area contributed by atoms with Gasteiger partial charge in [-0.15, -0.1) is 0 Å². The van der Waals surface area contributed by atoms with Crippen molar-refractivity contribution in [2.75, 3.05) is 7.11 Å². The second-order valence-electron chi connectivity index (χ2n) is 2.49. The second-order valence-corrected chi connectivity index (χ2v) is 2.90. The maximum absolute atomic E-state index is 10.3. The SMILES string of the molecule is COc1c(Cl)cc(O)cc1CC=O. The minimum absolute atomic E-state index is 0.0302. The fraction of sp³-hybridized carbons (Fsp3) is 0.222. The first-order valence-corrected chi connectivity index (χ1v) is 4.06. The molecule has 0 bridgehead atoms. The van der Waals surface area contributed by atoms with Gasteiger partial charge in [0.25, 0.3) is 0 Å². The van der Waals surface area contributed by atoms with E-state index in [1.54, 1.807) is 0 Å². The van der Waals surface area contributed by atoms with Gasteiger partial charge < -0.3 is 14.6 Å². The molecule has 0 aromatic heterocycles. The summed E-state index contributed by atoms with van der Waals surface area (Å²) in [5.74, 6) is 0.467. The lowest BCUT2D eigenvalue weighted by Crippen LogP contribution is -1.93. The number of benzene rings is 1. The average Bonchev–Trinajstić information content (AvgIpc) is 2.04. The normalized spacial score (nSPS) is 9.69. The highest BCUT2D eigenvalue weighted by Gasteiger charge is 2.08. The molecule has 1 rings (SSSR count). The molecule has 0 unspecified atom stereocenters. The summed E-state index contributed by atoms with van der Waals surface area (Å²) in [7, 11) is 1.46. The van der Waals surface area contributed by atoms with Crippen molar-refractivity contribution in [2.45, 2.75) is 6.42 Å². The van der Waals surface area contributed by atoms with Gasteiger partial charge in [-0.05, 0) is 6.07 Å². The molecule has 1 aromatic rings. The van der Waals surface area contributed by atoms with Gasteiger partial charge in [-0.25, -0.2) is 0 Å². The number of aromatic hydroxyl groups is 1. The van der Waals surface area contributed by atoms with Gasteiger partial charge in [0, 0.05) is 18.1 Å². The van der Waals surface area contributed by atoms with E-state index in [4.69, 9.17) is 16.3 Å². The lowest BCUT2D eigenvalue weighted by Gasteiger charge is -2.08. The molecule has 0 fully saturated rings. The Hall–Kier alpha value is -1.22. The van der Waals surface area contributed by atoms with Gasteiger partial charge in [0.05, 0.1) is 12.1 Å². The highest BCUT2D eigenvalue weighted by molar-refractivity contribution is 6.32. The molecule has 0 aliphatic rings. The van der Waals surface area contributed by atoms with Crippen LogP contribution in [0.25, 0.3) is 0 Å². The molecule has 0 saturated heterocycles. The summed E-state index contributed by atoms with van der Waals surface area (Å²) in [6, 6.07) is 2.83. The van der Waals surface area contributed by atoms with Crippen LogP contribution < -0.4 is 4.74 Å². The summed E-state index contributed by atoms with van der Waals surface area (Å²) in [5.41, 5.74) is 0.586. The van der Waals surface area contributed by atoms with Crippen LogP contribution in [0.1, 0.15) is 5.56 Å². The van der Waals surface area contributed by atoms with E-state index < -0.39 is 0 Å². The highest BCUT2D eigenvalue weighted by atomic mass is 35.5. The third kappa shape index (κ3) is 2.12. The average molecular weight is 201 g/mol. The lowest BCUT2D eigenvalue weighted by atomic mass is 10.1. The number of halogens is 1. The van der Waals surface area contributed by atoms with Gasteiger partial charge >= 0.3 is 0 Å². The van der Waals surface area contributed by atoms with Crippen LogP contribution in [0.2, 0.25) is 5.02 Å². The monoisotopic (exact) mass is 200 g/mol. The summed E-state index contributed by atoms with van der Waals surface area (Å²) in [6.07, 6.45) is 0.908. The second kappa shape index (κ2) is 4.14. The molecule has 0 saturated carbocycles. The summed E-state index contributed by atoms with van der Waals surface area (Å²) < 4.78 is 4.98. The van der Waals surface area contributed by atoms with Crippen molar-refractivity contribution in [1.82, 2.24) is 0 Å². The highest BCUT2D eigenvalue weighted by Crippen LogP contribution is 2.32. The molecule has 13 heavy (non-hydrogen) atoms. The predicted octanol–water partition coefficient (Wildman–Crippen LogP) is 1.80. The quantitative estimate of drug-likeness (QED) is 0.757. The van der Waals surface area contributed by atoms with Crippen LogP contribution in [-0.2, 0) is 11.2 Å². The number of ether oxygens (including phenoxy) is 1. The first kappa shape index (κ1) is 9.86. The zero-order valence-electron chi connectivity index (χ0n) is 7.08. The molecular formula is C9H9ClO3. The van der Waals surface area contributed by atoms with Crippen LogP contribution in [0, 0.1) is 0 Å². The van der Waals surface area contributed by atoms with Crippen molar-refractivity contribution >= 4 is 17.9 Å². The molecular weight excluding hydrogens is 192 g/mol. The Bertz CT molecular complexity index is 323. The van der Waals surface area contributed by atoms with Gasteiger partial charge in [-0.1, -0.05) is 11.6 Å². The van der Waals surface area contributed by atoms with E-state index in [9.17, 15) is 9.90 Å². The molecule has 1 aromatic carbocycles. The van der Waals surface area contributed by atoms with Gasteiger partial charge in [0.2, 0.25) is 0 Å². The Kier molecular flexibility index (Phi) is 3.14. The van der Waals surface area contributed by atoms with Crippen molar-refractivity contribution in [3.8, 4) is 11.5 Å². The van der Waals surface area contributed by atoms with Gasteiger partial charge in [-0.3, -0.25) is 0 Å². The lowest BCUT2D eigenvalue weighted by molar-refractivity contribution is -0.107. The van der Waals surface area contributed by atoms with Gasteiger partial charge in [0.15, 0.2) is 0 Å². The number of phenolic OH excluding ortho intramolecular Hbond substituents is 1. The van der Waals surface area contributed by atoms with Crippen LogP contribution in [0.5, 0.6) is 11.5 Å². The number of hydrogen-bond acceptors (Lipinski definition) is 3. The number of phenols is 1. The van der Waals surface area contributed by atoms with Crippen molar-refractivity contribution in [1.29, 1.82) is 0 Å². The van der Waals surface area contributed by atoms with Crippen LogP contribution in [0.15, 0.2) is 12.1 Å². The van der Waals surface area contributed by atoms with Crippen LogP contribution >= 0.6 is 11.6 Å². The molecule has 0 aliphatic heterocycles.